The lowest BCUT2D eigenvalue weighted by molar-refractivity contribution is -0.115. The lowest BCUT2D eigenvalue weighted by Gasteiger charge is -2.18. The van der Waals surface area contributed by atoms with Gasteiger partial charge in [0.2, 0.25) is 5.91 Å². The minimum Gasteiger partial charge on any atom is -0.324 e. The average Bonchev–Trinajstić information content (AvgIpc) is 3.24. The SMILES string of the molecule is C=CC(F)(F)c1cc(C)ccc1NC(=O)CNCc1ccc(CC(=C)C2=CC(c3ccccc3C)=CC3=C(Br)C=C=C3C2)cc1. The first-order valence-electron chi connectivity index (χ1n) is 14.8. The van der Waals surface area contributed by atoms with Gasteiger partial charge in [0, 0.05) is 34.2 Å². The number of aryl methyl sites for hydroxylation is 2. The van der Waals surface area contributed by atoms with Crippen molar-refractivity contribution in [2.24, 2.45) is 0 Å². The van der Waals surface area contributed by atoms with E-state index in [2.05, 4.69) is 101 Å². The van der Waals surface area contributed by atoms with Crippen molar-refractivity contribution in [1.82, 2.24) is 5.32 Å². The van der Waals surface area contributed by atoms with Crippen LogP contribution in [0.15, 0.2) is 137 Å². The summed E-state index contributed by atoms with van der Waals surface area (Å²) in [4.78, 5) is 12.5. The average molecular weight is 666 g/mol. The maximum atomic E-state index is 14.3. The summed E-state index contributed by atoms with van der Waals surface area (Å²) in [6, 6.07) is 21.1. The summed E-state index contributed by atoms with van der Waals surface area (Å²) < 4.78 is 29.7. The zero-order valence-corrected chi connectivity index (χ0v) is 27.0. The molecular formula is C39H35BrF2N2O. The third-order valence-corrected chi connectivity index (χ3v) is 8.64. The summed E-state index contributed by atoms with van der Waals surface area (Å²) in [6.45, 7) is 12.0. The number of hydrogen-bond acceptors (Lipinski definition) is 2. The second-order valence-corrected chi connectivity index (χ2v) is 12.3. The molecule has 3 aromatic rings. The number of carbonyl (C=O) groups is 1. The number of alkyl halides is 2. The van der Waals surface area contributed by atoms with Crippen molar-refractivity contribution in [1.29, 1.82) is 0 Å². The number of benzene rings is 3. The molecule has 0 aromatic heterocycles. The summed E-state index contributed by atoms with van der Waals surface area (Å²) in [5.74, 6) is -3.65. The van der Waals surface area contributed by atoms with Gasteiger partial charge in [-0.1, -0.05) is 79.4 Å². The number of hydrogen-bond donors (Lipinski definition) is 2. The Hall–Kier alpha value is -4.35. The van der Waals surface area contributed by atoms with Crippen LogP contribution in [0.1, 0.15) is 39.8 Å². The first-order valence-corrected chi connectivity index (χ1v) is 15.6. The summed E-state index contributed by atoms with van der Waals surface area (Å²) in [7, 11) is 0. The maximum absolute atomic E-state index is 14.3. The van der Waals surface area contributed by atoms with E-state index in [1.54, 1.807) is 13.0 Å². The summed E-state index contributed by atoms with van der Waals surface area (Å²) in [5.41, 5.74) is 14.1. The van der Waals surface area contributed by atoms with Gasteiger partial charge in [-0.15, -0.1) is 5.73 Å². The van der Waals surface area contributed by atoms with E-state index in [1.165, 1.54) is 28.8 Å². The molecule has 228 valence electrons. The van der Waals surface area contributed by atoms with Crippen molar-refractivity contribution < 1.29 is 13.6 Å². The lowest BCUT2D eigenvalue weighted by Crippen LogP contribution is -2.28. The fourth-order valence-electron chi connectivity index (χ4n) is 5.46. The fourth-order valence-corrected chi connectivity index (χ4v) is 5.93. The Labute approximate surface area is 272 Å². The van der Waals surface area contributed by atoms with Gasteiger partial charge in [-0.3, -0.25) is 4.79 Å². The van der Waals surface area contributed by atoms with E-state index >= 15 is 0 Å². The fraction of sp³-hybridized carbons (Fsp3) is 0.179. The molecule has 0 atom stereocenters. The Morgan fingerprint density at radius 3 is 2.51 bits per heavy atom. The molecule has 0 spiro atoms. The minimum absolute atomic E-state index is 0.0206. The molecule has 2 N–H and O–H groups in total. The summed E-state index contributed by atoms with van der Waals surface area (Å²) >= 11 is 3.70. The highest BCUT2D eigenvalue weighted by molar-refractivity contribution is 9.12. The van der Waals surface area contributed by atoms with E-state index in [9.17, 15) is 13.6 Å². The Morgan fingerprint density at radius 2 is 1.78 bits per heavy atom. The van der Waals surface area contributed by atoms with Gasteiger partial charge in [0.15, 0.2) is 0 Å². The largest absolute Gasteiger partial charge is 0.324 e. The van der Waals surface area contributed by atoms with Crippen molar-refractivity contribution in [2.45, 2.75) is 39.2 Å². The van der Waals surface area contributed by atoms with E-state index in [4.69, 9.17) is 0 Å². The molecule has 0 aliphatic heterocycles. The standard InChI is InChI=1S/C39H35BrF2N2O/c1-5-39(41,42)35-18-25(2)10-17-37(35)44-38(45)24-43-23-29-13-11-28(12-14-29)19-27(4)31-20-30-15-16-36(40)34(30)22-32(21-31)33-9-7-6-8-26(33)3/h5-14,16-18,21-22,43H,1,4,19-20,23-24H2,2-3H3,(H,44,45). The van der Waals surface area contributed by atoms with E-state index in [-0.39, 0.29) is 17.8 Å². The van der Waals surface area contributed by atoms with Crippen molar-refractivity contribution in [2.75, 3.05) is 11.9 Å². The molecule has 0 bridgehead atoms. The van der Waals surface area contributed by atoms with Gasteiger partial charge < -0.3 is 10.6 Å². The number of fused-ring (bicyclic) bond motifs is 1. The van der Waals surface area contributed by atoms with E-state index < -0.39 is 11.8 Å². The Bertz CT molecular complexity index is 1840. The monoisotopic (exact) mass is 664 g/mol. The van der Waals surface area contributed by atoms with Crippen molar-refractivity contribution in [3.8, 4) is 0 Å². The molecule has 0 radical (unpaired) electrons. The second kappa shape index (κ2) is 13.7. The maximum Gasteiger partial charge on any atom is 0.293 e. The van der Waals surface area contributed by atoms with Gasteiger partial charge in [0.1, 0.15) is 0 Å². The van der Waals surface area contributed by atoms with Crippen molar-refractivity contribution in [3.63, 3.8) is 0 Å². The zero-order valence-electron chi connectivity index (χ0n) is 25.4. The molecule has 0 unspecified atom stereocenters. The first kappa shape index (κ1) is 32.1. The molecule has 45 heavy (non-hydrogen) atoms. The smallest absolute Gasteiger partial charge is 0.293 e. The van der Waals surface area contributed by atoms with Crippen LogP contribution in [0.4, 0.5) is 14.5 Å². The van der Waals surface area contributed by atoms with Crippen molar-refractivity contribution in [3.05, 3.63) is 170 Å². The molecule has 0 saturated heterocycles. The van der Waals surface area contributed by atoms with Crippen LogP contribution in [0.25, 0.3) is 5.57 Å². The second-order valence-electron chi connectivity index (χ2n) is 11.4. The highest BCUT2D eigenvalue weighted by Crippen LogP contribution is 2.39. The van der Waals surface area contributed by atoms with Crippen LogP contribution >= 0.6 is 15.9 Å². The van der Waals surface area contributed by atoms with Crippen LogP contribution in [0.5, 0.6) is 0 Å². The first-order chi connectivity index (χ1) is 21.5. The number of carbonyl (C=O) groups excluding carboxylic acids is 1. The van der Waals surface area contributed by atoms with Crippen LogP contribution < -0.4 is 10.6 Å². The van der Waals surface area contributed by atoms with Crippen LogP contribution in [0.2, 0.25) is 0 Å². The molecule has 2 aliphatic rings. The molecule has 5 rings (SSSR count). The van der Waals surface area contributed by atoms with Crippen LogP contribution in [-0.4, -0.2) is 12.5 Å². The van der Waals surface area contributed by atoms with Gasteiger partial charge in [-0.2, -0.15) is 8.78 Å². The third-order valence-electron chi connectivity index (χ3n) is 7.98. The van der Waals surface area contributed by atoms with Crippen LogP contribution in [-0.2, 0) is 23.7 Å². The molecule has 0 fully saturated rings. The van der Waals surface area contributed by atoms with Gasteiger partial charge in [0.05, 0.1) is 12.2 Å². The number of allylic oxidation sites excluding steroid dienone is 9. The van der Waals surface area contributed by atoms with Crippen LogP contribution in [0, 0.1) is 13.8 Å². The summed E-state index contributed by atoms with van der Waals surface area (Å²) in [5, 5.41) is 5.70. The van der Waals surface area contributed by atoms with Gasteiger partial charge in [0.25, 0.3) is 5.92 Å². The van der Waals surface area contributed by atoms with E-state index in [0.29, 0.717) is 24.6 Å². The Kier molecular flexibility index (Phi) is 9.79. The van der Waals surface area contributed by atoms with Gasteiger partial charge in [-0.05, 0) is 106 Å². The molecule has 0 heterocycles. The number of nitrogens with one attached hydrogen (secondary N) is 2. The quantitative estimate of drug-likeness (QED) is 0.158. The molecule has 2 aliphatic carbocycles. The number of rotatable bonds is 11. The van der Waals surface area contributed by atoms with Crippen molar-refractivity contribution >= 4 is 33.1 Å². The molecule has 0 saturated carbocycles. The van der Waals surface area contributed by atoms with Gasteiger partial charge in [-0.25, -0.2) is 0 Å². The molecular weight excluding hydrogens is 630 g/mol. The predicted molar refractivity (Wildman–Crippen MR) is 184 cm³/mol. The lowest BCUT2D eigenvalue weighted by atomic mass is 9.92. The Balaban J connectivity index is 1.20. The normalized spacial score (nSPS) is 14.3. The summed E-state index contributed by atoms with van der Waals surface area (Å²) in [6.07, 6.45) is 8.52. The minimum atomic E-state index is -3.25. The number of anilines is 1. The number of amides is 1. The highest BCUT2D eigenvalue weighted by Gasteiger charge is 2.30. The van der Waals surface area contributed by atoms with Gasteiger partial charge >= 0.3 is 0 Å². The Morgan fingerprint density at radius 1 is 1.04 bits per heavy atom. The van der Waals surface area contributed by atoms with E-state index in [0.717, 1.165) is 44.3 Å². The van der Waals surface area contributed by atoms with E-state index in [1.807, 2.05) is 18.2 Å². The highest BCUT2D eigenvalue weighted by atomic mass is 79.9. The zero-order chi connectivity index (χ0) is 32.1. The predicted octanol–water partition coefficient (Wildman–Crippen LogP) is 9.57. The third kappa shape index (κ3) is 7.66. The molecule has 6 heteroatoms. The van der Waals surface area contributed by atoms with Crippen LogP contribution in [0.3, 0.4) is 0 Å². The molecule has 1 amide bonds. The molecule has 3 nitrogen and oxygen atoms in total. The molecule has 3 aromatic carbocycles. The number of halogens is 3. The topological polar surface area (TPSA) is 41.1 Å².